The van der Waals surface area contributed by atoms with E-state index in [9.17, 15) is 0 Å². The molecule has 5 N–H and O–H groups in total. The zero-order valence-corrected chi connectivity index (χ0v) is 6.03. The van der Waals surface area contributed by atoms with Crippen LogP contribution in [0.2, 0.25) is 0 Å². The van der Waals surface area contributed by atoms with E-state index in [1.807, 2.05) is 0 Å². The van der Waals surface area contributed by atoms with Crippen LogP contribution in [-0.4, -0.2) is 50.1 Å². The molecular formula is C6H10O6. The predicted octanol–water partition coefficient (Wildman–Crippen LogP) is -2.18. The average molecular weight is 178 g/mol. The number of rotatable bonds is 0. The maximum Gasteiger partial charge on any atom is 0.226 e. The third kappa shape index (κ3) is 1.37. The van der Waals surface area contributed by atoms with E-state index in [0.29, 0.717) is 6.26 Å². The SMILES string of the molecule is O/C=C1/OC(O)[C@H](O)[C@@H](O)[C@@H]1O. The van der Waals surface area contributed by atoms with Crippen molar-refractivity contribution in [2.45, 2.75) is 24.6 Å². The number of ether oxygens (including phenoxy) is 1. The van der Waals surface area contributed by atoms with E-state index in [0.717, 1.165) is 0 Å². The molecule has 0 aromatic heterocycles. The Bertz CT molecular complexity index is 190. The van der Waals surface area contributed by atoms with Crippen molar-refractivity contribution in [2.75, 3.05) is 0 Å². The molecule has 6 nitrogen and oxygen atoms in total. The lowest BCUT2D eigenvalue weighted by molar-refractivity contribution is -0.225. The van der Waals surface area contributed by atoms with Crippen molar-refractivity contribution < 1.29 is 30.3 Å². The summed E-state index contributed by atoms with van der Waals surface area (Å²) in [5, 5.41) is 44.3. The predicted molar refractivity (Wildman–Crippen MR) is 35.8 cm³/mol. The highest BCUT2D eigenvalue weighted by molar-refractivity contribution is 5.04. The topological polar surface area (TPSA) is 110 Å². The minimum atomic E-state index is -1.64. The monoisotopic (exact) mass is 178 g/mol. The third-order valence-electron chi connectivity index (χ3n) is 1.64. The number of hydrogen-bond donors (Lipinski definition) is 5. The fourth-order valence-electron chi connectivity index (χ4n) is 0.909. The first-order valence-corrected chi connectivity index (χ1v) is 3.31. The van der Waals surface area contributed by atoms with E-state index in [1.165, 1.54) is 0 Å². The Kier molecular flexibility index (Phi) is 2.53. The van der Waals surface area contributed by atoms with Gasteiger partial charge in [0, 0.05) is 0 Å². The van der Waals surface area contributed by atoms with Crippen LogP contribution in [0.5, 0.6) is 0 Å². The van der Waals surface area contributed by atoms with Gasteiger partial charge in [0.15, 0.2) is 5.76 Å². The summed E-state index contributed by atoms with van der Waals surface area (Å²) < 4.78 is 4.44. The molecule has 1 aliphatic rings. The lowest BCUT2D eigenvalue weighted by atomic mass is 10.0. The molecule has 1 fully saturated rings. The van der Waals surface area contributed by atoms with Crippen LogP contribution < -0.4 is 0 Å². The Hall–Kier alpha value is -0.820. The zero-order valence-electron chi connectivity index (χ0n) is 6.03. The van der Waals surface area contributed by atoms with Gasteiger partial charge in [-0.1, -0.05) is 0 Å². The maximum absolute atomic E-state index is 9.05. The maximum atomic E-state index is 9.05. The van der Waals surface area contributed by atoms with Gasteiger partial charge >= 0.3 is 0 Å². The van der Waals surface area contributed by atoms with Gasteiger partial charge in [-0.25, -0.2) is 0 Å². The molecule has 1 unspecified atom stereocenters. The molecular weight excluding hydrogens is 168 g/mol. The van der Waals surface area contributed by atoms with Gasteiger partial charge in [-0.15, -0.1) is 0 Å². The van der Waals surface area contributed by atoms with Crippen LogP contribution in [-0.2, 0) is 4.74 Å². The van der Waals surface area contributed by atoms with Crippen LogP contribution in [0.3, 0.4) is 0 Å². The van der Waals surface area contributed by atoms with E-state index in [2.05, 4.69) is 4.74 Å². The highest BCUT2D eigenvalue weighted by Crippen LogP contribution is 2.21. The highest BCUT2D eigenvalue weighted by Gasteiger charge is 2.40. The Balaban J connectivity index is 2.77. The first-order chi connectivity index (χ1) is 5.57. The summed E-state index contributed by atoms with van der Waals surface area (Å²) in [6, 6.07) is 0. The molecule has 4 atom stereocenters. The van der Waals surface area contributed by atoms with Gasteiger partial charge in [-0.2, -0.15) is 0 Å². The molecule has 1 heterocycles. The molecule has 0 saturated carbocycles. The van der Waals surface area contributed by atoms with Crippen molar-refractivity contribution in [3.8, 4) is 0 Å². The van der Waals surface area contributed by atoms with Gasteiger partial charge in [0.1, 0.15) is 24.6 Å². The minimum absolute atomic E-state index is 0.375. The molecule has 1 saturated heterocycles. The van der Waals surface area contributed by atoms with Crippen LogP contribution in [0.4, 0.5) is 0 Å². The van der Waals surface area contributed by atoms with Crippen molar-refractivity contribution >= 4 is 0 Å². The van der Waals surface area contributed by atoms with Crippen LogP contribution in [0, 0.1) is 0 Å². The lowest BCUT2D eigenvalue weighted by Gasteiger charge is -2.33. The van der Waals surface area contributed by atoms with E-state index < -0.39 is 24.6 Å². The summed E-state index contributed by atoms with van der Waals surface area (Å²) in [6.45, 7) is 0. The van der Waals surface area contributed by atoms with E-state index in [4.69, 9.17) is 25.5 Å². The molecule has 0 aromatic carbocycles. The van der Waals surface area contributed by atoms with Crippen molar-refractivity contribution in [2.24, 2.45) is 0 Å². The second kappa shape index (κ2) is 3.28. The Morgan fingerprint density at radius 3 is 2.17 bits per heavy atom. The van der Waals surface area contributed by atoms with E-state index >= 15 is 0 Å². The molecule has 0 spiro atoms. The summed E-state index contributed by atoms with van der Waals surface area (Å²) in [6.07, 6.45) is -5.88. The minimum Gasteiger partial charge on any atom is -0.512 e. The quantitative estimate of drug-likeness (QED) is 0.270. The van der Waals surface area contributed by atoms with Gasteiger partial charge in [0.2, 0.25) is 6.29 Å². The third-order valence-corrected chi connectivity index (χ3v) is 1.64. The average Bonchev–Trinajstić information content (AvgIpc) is 2.08. The Morgan fingerprint density at radius 2 is 1.67 bits per heavy atom. The summed E-state index contributed by atoms with van der Waals surface area (Å²) in [5.74, 6) is -0.375. The molecule has 6 heteroatoms. The highest BCUT2D eigenvalue weighted by atomic mass is 16.6. The second-order valence-corrected chi connectivity index (χ2v) is 2.47. The largest absolute Gasteiger partial charge is 0.512 e. The van der Waals surface area contributed by atoms with Gasteiger partial charge in [-0.3, -0.25) is 0 Å². The van der Waals surface area contributed by atoms with Crippen molar-refractivity contribution in [1.82, 2.24) is 0 Å². The standard InChI is InChI=1S/C6H10O6/c7-1-2-3(8)4(9)5(10)6(11)12-2/h1,3-11H/b2-1+/t3-,4+,5-,6?/m1/s1. The summed E-state index contributed by atoms with van der Waals surface area (Å²) in [5.41, 5.74) is 0. The van der Waals surface area contributed by atoms with Crippen LogP contribution >= 0.6 is 0 Å². The zero-order chi connectivity index (χ0) is 9.30. The first-order valence-electron chi connectivity index (χ1n) is 3.31. The summed E-state index contributed by atoms with van der Waals surface area (Å²) >= 11 is 0. The van der Waals surface area contributed by atoms with Gasteiger partial charge < -0.3 is 30.3 Å². The Labute approximate surface area is 68.0 Å². The van der Waals surface area contributed by atoms with Gasteiger partial charge in [-0.05, 0) is 0 Å². The molecule has 0 radical (unpaired) electrons. The summed E-state index contributed by atoms with van der Waals surface area (Å²) in [4.78, 5) is 0. The van der Waals surface area contributed by atoms with Crippen molar-refractivity contribution in [3.63, 3.8) is 0 Å². The fraction of sp³-hybridized carbons (Fsp3) is 0.667. The second-order valence-electron chi connectivity index (χ2n) is 2.47. The lowest BCUT2D eigenvalue weighted by Crippen LogP contribution is -2.51. The molecule has 0 bridgehead atoms. The molecule has 0 aromatic rings. The van der Waals surface area contributed by atoms with Crippen molar-refractivity contribution in [1.29, 1.82) is 0 Å². The van der Waals surface area contributed by atoms with Crippen LogP contribution in [0.15, 0.2) is 12.0 Å². The molecule has 70 valence electrons. The summed E-state index contributed by atoms with van der Waals surface area (Å²) in [7, 11) is 0. The number of hydrogen-bond acceptors (Lipinski definition) is 6. The smallest absolute Gasteiger partial charge is 0.226 e. The van der Waals surface area contributed by atoms with Gasteiger partial charge in [0.25, 0.3) is 0 Å². The first kappa shape index (κ1) is 9.27. The fourth-order valence-corrected chi connectivity index (χ4v) is 0.909. The molecule has 12 heavy (non-hydrogen) atoms. The van der Waals surface area contributed by atoms with Crippen LogP contribution in [0.1, 0.15) is 0 Å². The van der Waals surface area contributed by atoms with E-state index in [1.54, 1.807) is 0 Å². The Morgan fingerprint density at radius 1 is 1.08 bits per heavy atom. The van der Waals surface area contributed by atoms with Crippen LogP contribution in [0.25, 0.3) is 0 Å². The number of aliphatic hydroxyl groups excluding tert-OH is 5. The molecule has 1 rings (SSSR count). The normalized spacial score (nSPS) is 45.8. The molecule has 1 aliphatic heterocycles. The molecule has 0 amide bonds. The number of aliphatic hydroxyl groups is 5. The molecule has 0 aliphatic carbocycles. The van der Waals surface area contributed by atoms with E-state index in [-0.39, 0.29) is 5.76 Å². The van der Waals surface area contributed by atoms with Crippen molar-refractivity contribution in [3.05, 3.63) is 12.0 Å². The van der Waals surface area contributed by atoms with Gasteiger partial charge in [0.05, 0.1) is 0 Å².